The Morgan fingerprint density at radius 1 is 0.442 bits per heavy atom. The van der Waals surface area contributed by atoms with Crippen LogP contribution in [0.2, 0.25) is 0 Å². The molecule has 0 aromatic heterocycles. The Labute approximate surface area is 465 Å². The van der Waals surface area contributed by atoms with E-state index in [4.69, 9.17) is 23.7 Å². The summed E-state index contributed by atoms with van der Waals surface area (Å²) in [6.07, 6.45) is 57.8. The van der Waals surface area contributed by atoms with E-state index in [1.165, 1.54) is 51.4 Å². The summed E-state index contributed by atoms with van der Waals surface area (Å²) in [6.45, 7) is 5.68. The summed E-state index contributed by atoms with van der Waals surface area (Å²) < 4.78 is 28.3. The lowest BCUT2D eigenvalue weighted by molar-refractivity contribution is -0.301. The third kappa shape index (κ3) is 42.1. The average molecular weight is 1080 g/mol. The molecule has 0 saturated carbocycles. The van der Waals surface area contributed by atoms with Gasteiger partial charge < -0.3 is 39.0 Å². The minimum atomic E-state index is -1.92. The number of carboxylic acids is 1. The second-order valence-electron chi connectivity index (χ2n) is 19.9. The third-order valence-electron chi connectivity index (χ3n) is 12.8. The average Bonchev–Trinajstić information content (AvgIpc) is 3.42. The molecule has 1 aliphatic heterocycles. The summed E-state index contributed by atoms with van der Waals surface area (Å²) in [5.74, 6) is -3.25. The molecule has 0 amide bonds. The van der Waals surface area contributed by atoms with Crippen LogP contribution in [0.25, 0.3) is 0 Å². The van der Waals surface area contributed by atoms with Gasteiger partial charge in [-0.05, 0) is 122 Å². The van der Waals surface area contributed by atoms with Gasteiger partial charge in [0.15, 0.2) is 24.6 Å². The third-order valence-corrected chi connectivity index (χ3v) is 12.8. The van der Waals surface area contributed by atoms with Gasteiger partial charge in [0.2, 0.25) is 0 Å². The van der Waals surface area contributed by atoms with Crippen LogP contribution >= 0.6 is 0 Å². The lowest BCUT2D eigenvalue weighted by atomic mass is 9.98. The van der Waals surface area contributed by atoms with Gasteiger partial charge in [-0.2, -0.15) is 0 Å². The Balaban J connectivity index is 2.75. The Morgan fingerprint density at radius 3 is 1.29 bits per heavy atom. The maximum Gasteiger partial charge on any atom is 0.335 e. The zero-order valence-corrected chi connectivity index (χ0v) is 47.9. The number of ether oxygens (including phenoxy) is 5. The number of hydrogen-bond donors (Lipinski definition) is 3. The maximum absolute atomic E-state index is 13.1. The summed E-state index contributed by atoms with van der Waals surface area (Å²) in [5, 5.41) is 31.5. The molecular weight excluding hydrogens is 973 g/mol. The number of carbonyl (C=O) groups excluding carboxylic acids is 3. The molecule has 0 aromatic rings. The fourth-order valence-corrected chi connectivity index (χ4v) is 8.28. The van der Waals surface area contributed by atoms with Crippen LogP contribution in [0.1, 0.15) is 226 Å². The first-order chi connectivity index (χ1) is 37.6. The lowest BCUT2D eigenvalue weighted by Gasteiger charge is -2.40. The van der Waals surface area contributed by atoms with Crippen molar-refractivity contribution in [2.24, 2.45) is 0 Å². The number of aliphatic hydroxyl groups is 2. The highest BCUT2D eigenvalue weighted by molar-refractivity contribution is 5.74. The van der Waals surface area contributed by atoms with E-state index in [0.29, 0.717) is 19.3 Å². The van der Waals surface area contributed by atoms with Gasteiger partial charge in [-0.25, -0.2) is 4.79 Å². The topological polar surface area (TPSA) is 175 Å². The smallest absolute Gasteiger partial charge is 0.335 e. The molecule has 3 N–H and O–H groups in total. The van der Waals surface area contributed by atoms with Crippen molar-refractivity contribution in [1.82, 2.24) is 0 Å². The maximum atomic E-state index is 13.1. The molecule has 1 heterocycles. The molecule has 0 spiro atoms. The number of allylic oxidation sites excluding steroid dienone is 18. The summed E-state index contributed by atoms with van der Waals surface area (Å²) in [5.41, 5.74) is 0. The number of esters is 3. The molecule has 12 nitrogen and oxygen atoms in total. The van der Waals surface area contributed by atoms with Crippen LogP contribution < -0.4 is 0 Å². The number of rotatable bonds is 49. The van der Waals surface area contributed by atoms with Crippen molar-refractivity contribution in [1.29, 1.82) is 0 Å². The van der Waals surface area contributed by atoms with Crippen LogP contribution in [0.3, 0.4) is 0 Å². The van der Waals surface area contributed by atoms with Crippen LogP contribution in [0.15, 0.2) is 109 Å². The van der Waals surface area contributed by atoms with E-state index in [0.717, 1.165) is 116 Å². The van der Waals surface area contributed by atoms with Crippen LogP contribution in [-0.4, -0.2) is 89.2 Å². The zero-order chi connectivity index (χ0) is 56.1. The fraction of sp³-hybridized carbons (Fsp3) is 0.662. The quantitative estimate of drug-likeness (QED) is 0.0228. The lowest BCUT2D eigenvalue weighted by Crippen LogP contribution is -2.61. The molecule has 436 valence electrons. The highest BCUT2D eigenvalue weighted by Gasteiger charge is 2.50. The van der Waals surface area contributed by atoms with Gasteiger partial charge in [0.25, 0.3) is 0 Å². The second-order valence-corrected chi connectivity index (χ2v) is 19.9. The Morgan fingerprint density at radius 2 is 0.818 bits per heavy atom. The van der Waals surface area contributed by atoms with E-state index in [-0.39, 0.29) is 25.9 Å². The standard InChI is InChI=1S/C65H104O12/c1-4-7-10-13-16-19-22-25-28-29-32-35-38-41-44-47-50-53-59(68)76-63-61(70)60(69)62(64(71)72)77-65(63)74-55-56(75-58(67)52-49-46-43-40-37-34-31-27-24-21-18-15-12-9-6-3)54-73-57(66)51-48-45-42-39-36-33-30-26-23-20-17-14-11-8-5-2/h8-9,11-12,17-18,20-21,25-28,30-31,36-37,39-40,56,60-63,65,69-70H,4-7,10,13-16,19,22-24,29,32-35,38,41-55H2,1-3H3,(H,71,72)/b11-8-,12-9-,20-17-,21-18-,28-25-,30-26-,31-27-,39-36-,40-37-. The Bertz CT molecular complexity index is 1750. The predicted molar refractivity (Wildman–Crippen MR) is 312 cm³/mol. The number of aliphatic hydroxyl groups excluding tert-OH is 2. The van der Waals surface area contributed by atoms with Crippen molar-refractivity contribution in [3.8, 4) is 0 Å². The fourth-order valence-electron chi connectivity index (χ4n) is 8.28. The molecule has 0 radical (unpaired) electrons. The number of carbonyl (C=O) groups is 4. The zero-order valence-electron chi connectivity index (χ0n) is 47.9. The molecule has 0 bridgehead atoms. The molecule has 1 fully saturated rings. The first-order valence-electron chi connectivity index (χ1n) is 29.9. The monoisotopic (exact) mass is 1080 g/mol. The van der Waals surface area contributed by atoms with E-state index in [1.807, 2.05) is 0 Å². The summed E-state index contributed by atoms with van der Waals surface area (Å²) >= 11 is 0. The molecule has 0 aromatic carbocycles. The van der Waals surface area contributed by atoms with Gasteiger partial charge in [-0.3, -0.25) is 14.4 Å². The summed E-state index contributed by atoms with van der Waals surface area (Å²) in [6, 6.07) is 0. The van der Waals surface area contributed by atoms with Gasteiger partial charge in [0.1, 0.15) is 18.8 Å². The molecule has 77 heavy (non-hydrogen) atoms. The Kier molecular flexibility index (Phi) is 47.6. The normalized spacial score (nSPS) is 18.8. The van der Waals surface area contributed by atoms with Gasteiger partial charge in [-0.1, -0.05) is 194 Å². The molecule has 12 heteroatoms. The van der Waals surface area contributed by atoms with E-state index >= 15 is 0 Å². The van der Waals surface area contributed by atoms with Crippen molar-refractivity contribution >= 4 is 23.9 Å². The Hall–Kier alpha value is -4.62. The largest absolute Gasteiger partial charge is 0.479 e. The second kappa shape index (κ2) is 52.1. The predicted octanol–water partition coefficient (Wildman–Crippen LogP) is 15.4. The molecule has 6 unspecified atom stereocenters. The molecule has 1 saturated heterocycles. The number of carboxylic acid groups (broad SMARTS) is 1. The van der Waals surface area contributed by atoms with E-state index in [1.54, 1.807) is 0 Å². The highest BCUT2D eigenvalue weighted by Crippen LogP contribution is 2.26. The number of unbranched alkanes of at least 4 members (excludes halogenated alkanes) is 17. The minimum absolute atomic E-state index is 0.0414. The molecular formula is C65H104O12. The molecule has 1 rings (SSSR count). The van der Waals surface area contributed by atoms with Crippen LogP contribution in [0, 0.1) is 0 Å². The first kappa shape index (κ1) is 70.4. The van der Waals surface area contributed by atoms with Crippen molar-refractivity contribution < 1.29 is 58.2 Å². The van der Waals surface area contributed by atoms with Crippen molar-refractivity contribution in [2.45, 2.75) is 263 Å². The van der Waals surface area contributed by atoms with E-state index < -0.39 is 67.3 Å². The first-order valence-corrected chi connectivity index (χ1v) is 29.9. The summed E-state index contributed by atoms with van der Waals surface area (Å²) in [4.78, 5) is 51.1. The van der Waals surface area contributed by atoms with Crippen molar-refractivity contribution in [2.75, 3.05) is 13.2 Å². The summed E-state index contributed by atoms with van der Waals surface area (Å²) in [7, 11) is 0. The minimum Gasteiger partial charge on any atom is -0.479 e. The van der Waals surface area contributed by atoms with Crippen LogP contribution in [0.5, 0.6) is 0 Å². The van der Waals surface area contributed by atoms with Gasteiger partial charge in [0.05, 0.1) is 6.61 Å². The van der Waals surface area contributed by atoms with Crippen LogP contribution in [-0.2, 0) is 42.9 Å². The van der Waals surface area contributed by atoms with Gasteiger partial charge >= 0.3 is 23.9 Å². The highest BCUT2D eigenvalue weighted by atomic mass is 16.7. The van der Waals surface area contributed by atoms with Gasteiger partial charge in [0, 0.05) is 19.3 Å². The van der Waals surface area contributed by atoms with Gasteiger partial charge in [-0.15, -0.1) is 0 Å². The SMILES string of the molecule is CC/C=C\C/C=C\C/C=C\C/C=C\CCCCC(=O)OCC(COC1OC(C(=O)O)C(O)C(O)C1OC(=O)CCCCCCCCC/C=C\CCCCCCCC)OC(=O)CCCC/C=C\C/C=C\C/C=C\C/C=C\CC. The molecule has 1 aliphatic rings. The van der Waals surface area contributed by atoms with Crippen LogP contribution in [0.4, 0.5) is 0 Å². The number of hydrogen-bond acceptors (Lipinski definition) is 11. The molecule has 6 atom stereocenters. The molecule has 0 aliphatic carbocycles. The van der Waals surface area contributed by atoms with E-state index in [2.05, 4.69) is 130 Å². The van der Waals surface area contributed by atoms with Crippen molar-refractivity contribution in [3.05, 3.63) is 109 Å². The van der Waals surface area contributed by atoms with Crippen molar-refractivity contribution in [3.63, 3.8) is 0 Å². The number of aliphatic carboxylic acids is 1. The van der Waals surface area contributed by atoms with E-state index in [9.17, 15) is 34.5 Å².